The zero-order valence-corrected chi connectivity index (χ0v) is 20.1. The number of carbonyl (C=O) groups is 3. The van der Waals surface area contributed by atoms with Crippen molar-refractivity contribution in [3.05, 3.63) is 36.0 Å². The van der Waals surface area contributed by atoms with E-state index in [1.807, 2.05) is 0 Å². The first-order valence-electron chi connectivity index (χ1n) is 12.6. The molecule has 0 radical (unpaired) electrons. The highest BCUT2D eigenvalue weighted by molar-refractivity contribution is 6.01. The van der Waals surface area contributed by atoms with Gasteiger partial charge in [0.05, 0.1) is 5.52 Å². The highest BCUT2D eigenvalue weighted by atomic mass is 16.7. The fraction of sp³-hybridized carbons (Fsp3) is 0.593. The number of rotatable bonds is 17. The van der Waals surface area contributed by atoms with Crippen LogP contribution in [0.15, 0.2) is 30.5 Å². The van der Waals surface area contributed by atoms with E-state index >= 15 is 0 Å². The average molecular weight is 458 g/mol. The van der Waals surface area contributed by atoms with Crippen molar-refractivity contribution in [3.8, 4) is 0 Å². The number of fused-ring (bicyclic) bond motifs is 1. The third-order valence-electron chi connectivity index (χ3n) is 5.95. The summed E-state index contributed by atoms with van der Waals surface area (Å²) >= 11 is 0. The molecule has 0 saturated carbocycles. The molecule has 0 aliphatic rings. The molecule has 0 amide bonds. The predicted molar refractivity (Wildman–Crippen MR) is 130 cm³/mol. The second kappa shape index (κ2) is 16.1. The topological polar surface area (TPSA) is 74.6 Å². The van der Waals surface area contributed by atoms with Gasteiger partial charge in [0.15, 0.2) is 6.29 Å². The van der Waals surface area contributed by atoms with Crippen LogP contribution >= 0.6 is 0 Å². The van der Waals surface area contributed by atoms with Gasteiger partial charge in [0.2, 0.25) is 6.79 Å². The summed E-state index contributed by atoms with van der Waals surface area (Å²) in [6.45, 7) is 1.82. The summed E-state index contributed by atoms with van der Waals surface area (Å²) in [5.41, 5.74) is 0.977. The van der Waals surface area contributed by atoms with Crippen LogP contribution in [0.25, 0.3) is 10.9 Å². The molecule has 6 heteroatoms. The Morgan fingerprint density at radius 3 is 2.00 bits per heavy atom. The molecule has 0 unspecified atom stereocenters. The van der Waals surface area contributed by atoms with Crippen molar-refractivity contribution in [2.45, 2.75) is 96.8 Å². The number of unbranched alkanes of at least 4 members (excludes halogenated alkanes) is 12. The normalized spacial score (nSPS) is 10.9. The number of hydrogen-bond donors (Lipinski definition) is 0. The van der Waals surface area contributed by atoms with Crippen molar-refractivity contribution in [2.24, 2.45) is 0 Å². The lowest BCUT2D eigenvalue weighted by Gasteiger charge is -2.07. The van der Waals surface area contributed by atoms with Crippen molar-refractivity contribution in [1.29, 1.82) is 0 Å². The summed E-state index contributed by atoms with van der Waals surface area (Å²) in [5.74, 6) is -0.364. The number of carbonyl (C=O) groups excluding carboxylic acids is 3. The van der Waals surface area contributed by atoms with Gasteiger partial charge in [-0.05, 0) is 12.5 Å². The maximum absolute atomic E-state index is 12.3. The molecule has 182 valence electrons. The first-order chi connectivity index (χ1) is 16.2. The Morgan fingerprint density at radius 2 is 1.39 bits per heavy atom. The van der Waals surface area contributed by atoms with E-state index in [4.69, 9.17) is 9.47 Å². The average Bonchev–Trinajstić information content (AvgIpc) is 3.21. The lowest BCUT2D eigenvalue weighted by Crippen LogP contribution is -2.17. The van der Waals surface area contributed by atoms with Crippen LogP contribution in [0.5, 0.6) is 0 Å². The Bertz CT molecular complexity index is 857. The standard InChI is InChI=1S/C27H39NO5/c1-2-3-4-5-6-7-8-9-10-11-12-13-14-19-26(30)32-22-33-27(31)28-20-23(21-29)24-17-15-16-18-25(24)28/h15-18,20-21H,2-14,19,22H2,1H3. The van der Waals surface area contributed by atoms with Crippen LogP contribution in [0.1, 0.15) is 107 Å². The van der Waals surface area contributed by atoms with Crippen LogP contribution in [-0.4, -0.2) is 29.7 Å². The van der Waals surface area contributed by atoms with Crippen molar-refractivity contribution in [1.82, 2.24) is 4.57 Å². The second-order valence-corrected chi connectivity index (χ2v) is 8.63. The molecule has 0 aliphatic carbocycles. The Hall–Kier alpha value is -2.63. The summed E-state index contributed by atoms with van der Waals surface area (Å²) in [6.07, 6.45) is 18.0. The van der Waals surface area contributed by atoms with E-state index in [-0.39, 0.29) is 5.97 Å². The van der Waals surface area contributed by atoms with Crippen molar-refractivity contribution >= 4 is 29.3 Å². The van der Waals surface area contributed by atoms with Crippen LogP contribution in [0, 0.1) is 0 Å². The molecule has 1 aromatic heterocycles. The van der Waals surface area contributed by atoms with Crippen molar-refractivity contribution < 1.29 is 23.9 Å². The maximum atomic E-state index is 12.3. The third-order valence-corrected chi connectivity index (χ3v) is 5.95. The van der Waals surface area contributed by atoms with Crippen molar-refractivity contribution in [3.63, 3.8) is 0 Å². The summed E-state index contributed by atoms with van der Waals surface area (Å²) in [7, 11) is 0. The van der Waals surface area contributed by atoms with Gasteiger partial charge in [-0.2, -0.15) is 0 Å². The molecular formula is C27H39NO5. The number of nitrogens with zero attached hydrogens (tertiary/aromatic N) is 1. The van der Waals surface area contributed by atoms with Gasteiger partial charge in [0, 0.05) is 23.6 Å². The van der Waals surface area contributed by atoms with E-state index in [1.165, 1.54) is 75.0 Å². The van der Waals surface area contributed by atoms with E-state index in [0.29, 0.717) is 29.2 Å². The zero-order chi connectivity index (χ0) is 23.7. The molecule has 2 aromatic rings. The van der Waals surface area contributed by atoms with Crippen LogP contribution in [0.4, 0.5) is 4.79 Å². The summed E-state index contributed by atoms with van der Waals surface area (Å²) in [5, 5.41) is 0.670. The summed E-state index contributed by atoms with van der Waals surface area (Å²) in [4.78, 5) is 35.3. The zero-order valence-electron chi connectivity index (χ0n) is 20.1. The number of esters is 1. The lowest BCUT2D eigenvalue weighted by molar-refractivity contribution is -0.151. The van der Waals surface area contributed by atoms with Crippen LogP contribution in [0.3, 0.4) is 0 Å². The van der Waals surface area contributed by atoms with Gasteiger partial charge in [-0.15, -0.1) is 0 Å². The van der Waals surface area contributed by atoms with Gasteiger partial charge in [-0.1, -0.05) is 102 Å². The quantitative estimate of drug-likeness (QED) is 0.107. The molecule has 33 heavy (non-hydrogen) atoms. The Labute approximate surface area is 197 Å². The first-order valence-corrected chi connectivity index (χ1v) is 12.6. The lowest BCUT2D eigenvalue weighted by atomic mass is 10.0. The van der Waals surface area contributed by atoms with Crippen molar-refractivity contribution in [2.75, 3.05) is 6.79 Å². The molecule has 0 bridgehead atoms. The molecule has 1 aromatic carbocycles. The minimum atomic E-state index is -0.687. The number of aromatic nitrogens is 1. The van der Waals surface area contributed by atoms with E-state index in [1.54, 1.807) is 24.3 Å². The fourth-order valence-electron chi connectivity index (χ4n) is 4.03. The van der Waals surface area contributed by atoms with E-state index in [2.05, 4.69) is 6.92 Å². The molecule has 0 N–H and O–H groups in total. The highest BCUT2D eigenvalue weighted by Gasteiger charge is 2.14. The fourth-order valence-corrected chi connectivity index (χ4v) is 4.03. The number of benzene rings is 1. The number of para-hydroxylation sites is 1. The van der Waals surface area contributed by atoms with E-state index in [0.717, 1.165) is 19.3 Å². The molecule has 0 spiro atoms. The van der Waals surface area contributed by atoms with Gasteiger partial charge in [0.25, 0.3) is 0 Å². The molecule has 2 rings (SSSR count). The summed E-state index contributed by atoms with van der Waals surface area (Å²) < 4.78 is 11.3. The first kappa shape index (κ1) is 26.6. The molecule has 6 nitrogen and oxygen atoms in total. The molecule has 0 fully saturated rings. The second-order valence-electron chi connectivity index (χ2n) is 8.63. The minimum Gasteiger partial charge on any atom is -0.428 e. The molecule has 0 atom stereocenters. The largest absolute Gasteiger partial charge is 0.428 e. The molecule has 1 heterocycles. The Kier molecular flexibility index (Phi) is 13.0. The van der Waals surface area contributed by atoms with Crippen LogP contribution in [0.2, 0.25) is 0 Å². The van der Waals surface area contributed by atoms with Crippen LogP contribution < -0.4 is 0 Å². The third kappa shape index (κ3) is 9.80. The van der Waals surface area contributed by atoms with Gasteiger partial charge in [-0.25, -0.2) is 4.79 Å². The highest BCUT2D eigenvalue weighted by Crippen LogP contribution is 2.20. The predicted octanol–water partition coefficient (Wildman–Crippen LogP) is 7.42. The molecular weight excluding hydrogens is 418 g/mol. The number of aldehydes is 1. The van der Waals surface area contributed by atoms with Gasteiger partial charge < -0.3 is 9.47 Å². The molecule has 0 saturated heterocycles. The van der Waals surface area contributed by atoms with Crippen LogP contribution in [-0.2, 0) is 14.3 Å². The van der Waals surface area contributed by atoms with Gasteiger partial charge in [0.1, 0.15) is 0 Å². The Morgan fingerprint density at radius 1 is 0.818 bits per heavy atom. The smallest absolute Gasteiger partial charge is 0.421 e. The van der Waals surface area contributed by atoms with Gasteiger partial charge in [-0.3, -0.25) is 14.2 Å². The molecule has 0 aliphatic heterocycles. The SMILES string of the molecule is CCCCCCCCCCCCCCCC(=O)OCOC(=O)n1cc(C=O)c2ccccc21. The van der Waals surface area contributed by atoms with E-state index < -0.39 is 12.9 Å². The van der Waals surface area contributed by atoms with Gasteiger partial charge >= 0.3 is 12.1 Å². The summed E-state index contributed by atoms with van der Waals surface area (Å²) in [6, 6.07) is 7.06. The number of ether oxygens (including phenoxy) is 2. The Balaban J connectivity index is 1.49. The van der Waals surface area contributed by atoms with E-state index in [9.17, 15) is 14.4 Å². The maximum Gasteiger partial charge on any atom is 0.421 e. The monoisotopic (exact) mass is 457 g/mol. The number of hydrogen-bond acceptors (Lipinski definition) is 5. The minimum absolute atomic E-state index is 0.330.